The van der Waals surface area contributed by atoms with Crippen LogP contribution in [0.5, 0.6) is 0 Å². The molecule has 2 rings (SSSR count). The predicted molar refractivity (Wildman–Crippen MR) is 63.8 cm³/mol. The Kier molecular flexibility index (Phi) is 3.84. The zero-order valence-corrected chi connectivity index (χ0v) is 10.2. The molecular formula is C12H13F3N4. The fourth-order valence-electron chi connectivity index (χ4n) is 1.65. The van der Waals surface area contributed by atoms with Crippen LogP contribution in [0, 0.1) is 0 Å². The molecular weight excluding hydrogens is 257 g/mol. The first-order valence-corrected chi connectivity index (χ1v) is 5.72. The molecule has 0 saturated carbocycles. The lowest BCUT2D eigenvalue weighted by atomic mass is 10.1. The SMILES string of the molecule is CC(NCC(F)(F)F)c1ccc(-n2ccnn2)cc1. The lowest BCUT2D eigenvalue weighted by Gasteiger charge is -2.16. The zero-order chi connectivity index (χ0) is 13.9. The van der Waals surface area contributed by atoms with E-state index in [2.05, 4.69) is 15.6 Å². The number of nitrogens with zero attached hydrogens (tertiary/aromatic N) is 3. The first-order chi connectivity index (χ1) is 8.96. The monoisotopic (exact) mass is 270 g/mol. The largest absolute Gasteiger partial charge is 0.401 e. The molecule has 0 saturated heterocycles. The highest BCUT2D eigenvalue weighted by molar-refractivity contribution is 5.34. The first-order valence-electron chi connectivity index (χ1n) is 5.72. The fourth-order valence-corrected chi connectivity index (χ4v) is 1.65. The van der Waals surface area contributed by atoms with E-state index >= 15 is 0 Å². The van der Waals surface area contributed by atoms with Gasteiger partial charge in [-0.3, -0.25) is 0 Å². The number of hydrogen-bond acceptors (Lipinski definition) is 3. The van der Waals surface area contributed by atoms with Gasteiger partial charge in [0.25, 0.3) is 0 Å². The molecule has 0 amide bonds. The maximum absolute atomic E-state index is 12.1. The van der Waals surface area contributed by atoms with Gasteiger partial charge in [-0.1, -0.05) is 17.3 Å². The third-order valence-electron chi connectivity index (χ3n) is 2.69. The normalized spacial score (nSPS) is 13.5. The molecule has 1 aromatic carbocycles. The summed E-state index contributed by atoms with van der Waals surface area (Å²) in [4.78, 5) is 0. The molecule has 0 bridgehead atoms. The molecule has 4 nitrogen and oxygen atoms in total. The first kappa shape index (κ1) is 13.5. The summed E-state index contributed by atoms with van der Waals surface area (Å²) >= 11 is 0. The standard InChI is InChI=1S/C12H13F3N4/c1-9(16-8-12(13,14)15)10-2-4-11(5-3-10)19-7-6-17-18-19/h2-7,9,16H,8H2,1H3. The van der Waals surface area contributed by atoms with Crippen LogP contribution in [0.15, 0.2) is 36.7 Å². The molecule has 19 heavy (non-hydrogen) atoms. The van der Waals surface area contributed by atoms with Crippen molar-refractivity contribution in [3.63, 3.8) is 0 Å². The Morgan fingerprint density at radius 2 is 1.95 bits per heavy atom. The van der Waals surface area contributed by atoms with E-state index in [1.165, 1.54) is 0 Å². The Morgan fingerprint density at radius 3 is 2.47 bits per heavy atom. The van der Waals surface area contributed by atoms with Crippen LogP contribution in [-0.4, -0.2) is 27.7 Å². The lowest BCUT2D eigenvalue weighted by molar-refractivity contribution is -0.126. The number of halogens is 3. The minimum Gasteiger partial charge on any atom is -0.302 e. The van der Waals surface area contributed by atoms with Crippen LogP contribution < -0.4 is 5.32 Å². The van der Waals surface area contributed by atoms with Crippen molar-refractivity contribution in [3.05, 3.63) is 42.2 Å². The number of rotatable bonds is 4. The molecule has 1 aromatic heterocycles. The van der Waals surface area contributed by atoms with Gasteiger partial charge in [0, 0.05) is 6.04 Å². The molecule has 7 heteroatoms. The Morgan fingerprint density at radius 1 is 1.26 bits per heavy atom. The van der Waals surface area contributed by atoms with E-state index in [0.717, 1.165) is 11.3 Å². The van der Waals surface area contributed by atoms with Gasteiger partial charge < -0.3 is 5.32 Å². The van der Waals surface area contributed by atoms with Crippen molar-refractivity contribution >= 4 is 0 Å². The van der Waals surface area contributed by atoms with Gasteiger partial charge >= 0.3 is 6.18 Å². The molecule has 1 unspecified atom stereocenters. The molecule has 0 fully saturated rings. The number of nitrogens with one attached hydrogen (secondary N) is 1. The topological polar surface area (TPSA) is 42.7 Å². The highest BCUT2D eigenvalue weighted by Gasteiger charge is 2.27. The minimum atomic E-state index is -4.20. The van der Waals surface area contributed by atoms with E-state index in [4.69, 9.17) is 0 Å². The summed E-state index contributed by atoms with van der Waals surface area (Å²) in [5, 5.41) is 9.95. The summed E-state index contributed by atoms with van der Waals surface area (Å²) in [7, 11) is 0. The average Bonchev–Trinajstić information content (AvgIpc) is 2.89. The van der Waals surface area contributed by atoms with Crippen LogP contribution in [0.3, 0.4) is 0 Å². The summed E-state index contributed by atoms with van der Waals surface area (Å²) in [6.07, 6.45) is -0.948. The molecule has 0 spiro atoms. The average molecular weight is 270 g/mol. The van der Waals surface area contributed by atoms with Gasteiger partial charge in [0.2, 0.25) is 0 Å². The van der Waals surface area contributed by atoms with Crippen molar-refractivity contribution in [2.24, 2.45) is 0 Å². The summed E-state index contributed by atoms with van der Waals surface area (Å²) in [6, 6.07) is 6.74. The van der Waals surface area contributed by atoms with Crippen LogP contribution in [0.4, 0.5) is 13.2 Å². The molecule has 0 aliphatic rings. The van der Waals surface area contributed by atoms with Gasteiger partial charge in [-0.2, -0.15) is 13.2 Å². The minimum absolute atomic E-state index is 0.369. The van der Waals surface area contributed by atoms with Crippen LogP contribution >= 0.6 is 0 Å². The van der Waals surface area contributed by atoms with Crippen LogP contribution in [-0.2, 0) is 0 Å². The molecule has 1 N–H and O–H groups in total. The van der Waals surface area contributed by atoms with Crippen LogP contribution in [0.25, 0.3) is 5.69 Å². The van der Waals surface area contributed by atoms with Gasteiger partial charge in [-0.05, 0) is 24.6 Å². The second kappa shape index (κ2) is 5.40. The van der Waals surface area contributed by atoms with E-state index in [1.54, 1.807) is 48.3 Å². The summed E-state index contributed by atoms with van der Waals surface area (Å²) in [5.41, 5.74) is 1.59. The van der Waals surface area contributed by atoms with E-state index in [9.17, 15) is 13.2 Å². The maximum Gasteiger partial charge on any atom is 0.401 e. The van der Waals surface area contributed by atoms with Gasteiger partial charge in [-0.15, -0.1) is 5.10 Å². The van der Waals surface area contributed by atoms with Gasteiger partial charge in [0.1, 0.15) is 0 Å². The smallest absolute Gasteiger partial charge is 0.302 e. The number of aromatic nitrogens is 3. The Balaban J connectivity index is 2.02. The quantitative estimate of drug-likeness (QED) is 0.928. The number of alkyl halides is 3. The Bertz CT molecular complexity index is 505. The third kappa shape index (κ3) is 3.78. The second-order valence-corrected chi connectivity index (χ2v) is 4.16. The number of benzene rings is 1. The van der Waals surface area contributed by atoms with E-state index < -0.39 is 12.7 Å². The van der Waals surface area contributed by atoms with E-state index in [0.29, 0.717) is 0 Å². The van der Waals surface area contributed by atoms with Gasteiger partial charge in [0.05, 0.1) is 24.6 Å². The maximum atomic E-state index is 12.1. The van der Waals surface area contributed by atoms with Crippen molar-refractivity contribution in [1.29, 1.82) is 0 Å². The van der Waals surface area contributed by atoms with Crippen molar-refractivity contribution in [3.8, 4) is 5.69 Å². The highest BCUT2D eigenvalue weighted by atomic mass is 19.4. The lowest BCUT2D eigenvalue weighted by Crippen LogP contribution is -2.30. The molecule has 1 heterocycles. The van der Waals surface area contributed by atoms with Crippen LogP contribution in [0.1, 0.15) is 18.5 Å². The van der Waals surface area contributed by atoms with E-state index in [-0.39, 0.29) is 6.04 Å². The predicted octanol–water partition coefficient (Wildman–Crippen LogP) is 2.48. The van der Waals surface area contributed by atoms with E-state index in [1.807, 2.05) is 0 Å². The molecule has 102 valence electrons. The fraction of sp³-hybridized carbons (Fsp3) is 0.333. The molecule has 2 aromatic rings. The summed E-state index contributed by atoms with van der Waals surface area (Å²) in [6.45, 7) is 0.690. The zero-order valence-electron chi connectivity index (χ0n) is 10.2. The van der Waals surface area contributed by atoms with Crippen molar-refractivity contribution < 1.29 is 13.2 Å². The highest BCUT2D eigenvalue weighted by Crippen LogP contribution is 2.18. The van der Waals surface area contributed by atoms with Crippen molar-refractivity contribution in [2.75, 3.05) is 6.54 Å². The van der Waals surface area contributed by atoms with Gasteiger partial charge in [-0.25, -0.2) is 4.68 Å². The molecule has 0 radical (unpaired) electrons. The van der Waals surface area contributed by atoms with Crippen molar-refractivity contribution in [2.45, 2.75) is 19.1 Å². The van der Waals surface area contributed by atoms with Crippen molar-refractivity contribution in [1.82, 2.24) is 20.3 Å². The molecule has 1 atom stereocenters. The van der Waals surface area contributed by atoms with Gasteiger partial charge in [0.15, 0.2) is 0 Å². The summed E-state index contributed by atoms with van der Waals surface area (Å²) < 4.78 is 37.9. The number of hydrogen-bond donors (Lipinski definition) is 1. The third-order valence-corrected chi connectivity index (χ3v) is 2.69. The van der Waals surface area contributed by atoms with Crippen LogP contribution in [0.2, 0.25) is 0 Å². The summed E-state index contributed by atoms with van der Waals surface area (Å²) in [5.74, 6) is 0. The molecule has 0 aliphatic carbocycles. The Hall–Kier alpha value is -1.89. The molecule has 0 aliphatic heterocycles. The second-order valence-electron chi connectivity index (χ2n) is 4.16. The Labute approximate surface area is 108 Å².